The van der Waals surface area contributed by atoms with Gasteiger partial charge < -0.3 is 10.3 Å². The van der Waals surface area contributed by atoms with Crippen LogP contribution in [-0.4, -0.2) is 27.2 Å². The van der Waals surface area contributed by atoms with Gasteiger partial charge in [-0.25, -0.2) is 0 Å². The van der Waals surface area contributed by atoms with Crippen molar-refractivity contribution < 1.29 is 18.0 Å². The number of nitrogens with zero attached hydrogens (tertiary/aromatic N) is 2. The molecule has 3 aromatic rings. The van der Waals surface area contributed by atoms with E-state index in [1.54, 1.807) is 0 Å². The maximum Gasteiger partial charge on any atom is 0.436 e. The summed E-state index contributed by atoms with van der Waals surface area (Å²) in [7, 11) is 0. The van der Waals surface area contributed by atoms with Gasteiger partial charge in [-0.3, -0.25) is 9.48 Å². The molecule has 0 atom stereocenters. The van der Waals surface area contributed by atoms with E-state index in [2.05, 4.69) is 15.4 Å². The predicted molar refractivity (Wildman–Crippen MR) is 101 cm³/mol. The van der Waals surface area contributed by atoms with Gasteiger partial charge in [-0.15, -0.1) is 0 Å². The monoisotopic (exact) mass is 412 g/mol. The molecule has 0 saturated heterocycles. The zero-order chi connectivity index (χ0) is 20.3. The lowest BCUT2D eigenvalue weighted by Crippen LogP contribution is -2.25. The van der Waals surface area contributed by atoms with Crippen LogP contribution in [0, 0.1) is 6.92 Å². The van der Waals surface area contributed by atoms with Gasteiger partial charge in [0.1, 0.15) is 0 Å². The number of rotatable bonds is 7. The molecule has 150 valence electrons. The van der Waals surface area contributed by atoms with Crippen molar-refractivity contribution in [3.05, 3.63) is 52.4 Å². The highest BCUT2D eigenvalue weighted by atomic mass is 35.5. The van der Waals surface area contributed by atoms with Crippen LogP contribution in [0.4, 0.5) is 13.2 Å². The maximum atomic E-state index is 12.8. The number of aromatic nitrogens is 3. The van der Waals surface area contributed by atoms with Crippen molar-refractivity contribution in [1.29, 1.82) is 0 Å². The highest BCUT2D eigenvalue weighted by molar-refractivity contribution is 6.31. The van der Waals surface area contributed by atoms with Crippen LogP contribution in [0.5, 0.6) is 0 Å². The molecular formula is C19H20ClF3N4O. The summed E-state index contributed by atoms with van der Waals surface area (Å²) < 4.78 is 39.7. The van der Waals surface area contributed by atoms with E-state index in [0.717, 1.165) is 16.5 Å². The predicted octanol–water partition coefficient (Wildman–Crippen LogP) is 4.48. The van der Waals surface area contributed by atoms with Crippen molar-refractivity contribution in [3.8, 4) is 0 Å². The number of halogens is 4. The molecule has 1 amide bonds. The standard InChI is InChI=1S/C19H20ClF3N4O/c1-12-17(20)18(19(21,22)23)26-27(12)10-4-9-24-16(28)8-7-13-11-25-15-6-3-2-5-14(13)15/h2-3,5-6,11,25H,4,7-10H2,1H3,(H,24,28). The first-order chi connectivity index (χ1) is 13.3. The van der Waals surface area contributed by atoms with Crippen LogP contribution in [0.3, 0.4) is 0 Å². The largest absolute Gasteiger partial charge is 0.436 e. The smallest absolute Gasteiger partial charge is 0.361 e. The first-order valence-corrected chi connectivity index (χ1v) is 9.27. The van der Waals surface area contributed by atoms with Crippen LogP contribution in [0.2, 0.25) is 5.02 Å². The minimum Gasteiger partial charge on any atom is -0.361 e. The molecule has 2 aromatic heterocycles. The molecule has 0 aliphatic heterocycles. The third-order valence-corrected chi connectivity index (χ3v) is 5.02. The Morgan fingerprint density at radius 3 is 2.79 bits per heavy atom. The number of carbonyl (C=O) groups excluding carboxylic acids is 1. The third kappa shape index (κ3) is 4.49. The molecule has 2 N–H and O–H groups in total. The summed E-state index contributed by atoms with van der Waals surface area (Å²) >= 11 is 5.72. The Labute approximate surface area is 164 Å². The molecule has 0 aliphatic carbocycles. The van der Waals surface area contributed by atoms with Crippen molar-refractivity contribution in [2.24, 2.45) is 0 Å². The van der Waals surface area contributed by atoms with E-state index < -0.39 is 11.9 Å². The van der Waals surface area contributed by atoms with Crippen LogP contribution in [0.25, 0.3) is 10.9 Å². The molecule has 0 spiro atoms. The summed E-state index contributed by atoms with van der Waals surface area (Å²) in [5, 5.41) is 7.05. The highest BCUT2D eigenvalue weighted by Crippen LogP contribution is 2.35. The van der Waals surface area contributed by atoms with Crippen LogP contribution in [-0.2, 0) is 23.9 Å². The molecule has 1 aromatic carbocycles. The summed E-state index contributed by atoms with van der Waals surface area (Å²) in [6.45, 7) is 2.08. The number of para-hydroxylation sites is 1. The second-order valence-corrected chi connectivity index (χ2v) is 6.91. The van der Waals surface area contributed by atoms with Crippen LogP contribution in [0.1, 0.15) is 29.8 Å². The third-order valence-electron chi connectivity index (χ3n) is 4.57. The lowest BCUT2D eigenvalue weighted by molar-refractivity contribution is -0.141. The number of aryl methyl sites for hydroxylation is 2. The number of hydrogen-bond donors (Lipinski definition) is 2. The number of hydrogen-bond acceptors (Lipinski definition) is 2. The summed E-state index contributed by atoms with van der Waals surface area (Å²) in [4.78, 5) is 15.2. The zero-order valence-corrected chi connectivity index (χ0v) is 16.0. The van der Waals surface area contributed by atoms with E-state index in [4.69, 9.17) is 11.6 Å². The quantitative estimate of drug-likeness (QED) is 0.562. The normalized spacial score (nSPS) is 11.9. The summed E-state index contributed by atoms with van der Waals surface area (Å²) in [5.41, 5.74) is 1.30. The molecule has 3 rings (SSSR count). The fourth-order valence-corrected chi connectivity index (χ4v) is 3.30. The molecule has 2 heterocycles. The number of H-pyrrole nitrogens is 1. The van der Waals surface area contributed by atoms with Gasteiger partial charge in [0.05, 0.1) is 10.7 Å². The molecule has 0 fully saturated rings. The number of benzene rings is 1. The van der Waals surface area contributed by atoms with Gasteiger partial charge in [-0.05, 0) is 31.4 Å². The lowest BCUT2D eigenvalue weighted by atomic mass is 10.1. The van der Waals surface area contributed by atoms with Crippen molar-refractivity contribution >= 4 is 28.4 Å². The zero-order valence-electron chi connectivity index (χ0n) is 15.2. The Balaban J connectivity index is 1.45. The Bertz CT molecular complexity index is 977. The summed E-state index contributed by atoms with van der Waals surface area (Å²) in [5.74, 6) is -0.100. The van der Waals surface area contributed by atoms with E-state index in [9.17, 15) is 18.0 Å². The van der Waals surface area contributed by atoms with Gasteiger partial charge >= 0.3 is 6.18 Å². The van der Waals surface area contributed by atoms with Gasteiger partial charge in [-0.2, -0.15) is 18.3 Å². The molecular weight excluding hydrogens is 393 g/mol. The van der Waals surface area contributed by atoms with E-state index in [1.165, 1.54) is 11.6 Å². The maximum absolute atomic E-state index is 12.8. The summed E-state index contributed by atoms with van der Waals surface area (Å²) in [6, 6.07) is 7.88. The van der Waals surface area contributed by atoms with E-state index in [0.29, 0.717) is 25.8 Å². The number of alkyl halides is 3. The Hall–Kier alpha value is -2.48. The summed E-state index contributed by atoms with van der Waals surface area (Å²) in [6.07, 6.45) is -1.27. The van der Waals surface area contributed by atoms with Crippen molar-refractivity contribution in [2.75, 3.05) is 6.54 Å². The molecule has 9 heteroatoms. The first kappa shape index (κ1) is 20.3. The SMILES string of the molecule is Cc1c(Cl)c(C(F)(F)F)nn1CCCNC(=O)CCc1c[nH]c2ccccc12. The van der Waals surface area contributed by atoms with Gasteiger partial charge in [-0.1, -0.05) is 29.8 Å². The molecule has 0 unspecified atom stereocenters. The van der Waals surface area contributed by atoms with E-state index in [1.807, 2.05) is 30.5 Å². The fraction of sp³-hybridized carbons (Fsp3) is 0.368. The molecule has 0 saturated carbocycles. The first-order valence-electron chi connectivity index (χ1n) is 8.89. The van der Waals surface area contributed by atoms with Crippen LogP contribution in [0.15, 0.2) is 30.5 Å². The number of nitrogens with one attached hydrogen (secondary N) is 2. The molecule has 28 heavy (non-hydrogen) atoms. The second-order valence-electron chi connectivity index (χ2n) is 6.53. The Morgan fingerprint density at radius 1 is 1.32 bits per heavy atom. The van der Waals surface area contributed by atoms with E-state index in [-0.39, 0.29) is 23.2 Å². The van der Waals surface area contributed by atoms with Gasteiger partial charge in [0.15, 0.2) is 5.69 Å². The average Bonchev–Trinajstić information content (AvgIpc) is 3.19. The minimum atomic E-state index is -4.58. The Morgan fingerprint density at radius 2 is 2.07 bits per heavy atom. The number of fused-ring (bicyclic) bond motifs is 1. The van der Waals surface area contributed by atoms with Crippen molar-refractivity contribution in [1.82, 2.24) is 20.1 Å². The fourth-order valence-electron chi connectivity index (χ4n) is 3.05. The number of amides is 1. The van der Waals surface area contributed by atoms with Gasteiger partial charge in [0.25, 0.3) is 0 Å². The minimum absolute atomic E-state index is 0.100. The second kappa shape index (κ2) is 8.26. The van der Waals surface area contributed by atoms with Gasteiger partial charge in [0.2, 0.25) is 5.91 Å². The topological polar surface area (TPSA) is 62.7 Å². The number of carbonyl (C=O) groups is 1. The van der Waals surface area contributed by atoms with Crippen molar-refractivity contribution in [2.45, 2.75) is 38.9 Å². The molecule has 5 nitrogen and oxygen atoms in total. The highest BCUT2D eigenvalue weighted by Gasteiger charge is 2.38. The average molecular weight is 413 g/mol. The Kier molecular flexibility index (Phi) is 5.98. The molecule has 0 radical (unpaired) electrons. The van der Waals surface area contributed by atoms with Crippen LogP contribution >= 0.6 is 11.6 Å². The number of aromatic amines is 1. The van der Waals surface area contributed by atoms with Gasteiger partial charge in [0, 0.05) is 36.6 Å². The van der Waals surface area contributed by atoms with Crippen molar-refractivity contribution in [3.63, 3.8) is 0 Å². The molecule has 0 aliphatic rings. The lowest BCUT2D eigenvalue weighted by Gasteiger charge is -2.07. The molecule has 0 bridgehead atoms. The van der Waals surface area contributed by atoms with Crippen LogP contribution < -0.4 is 5.32 Å². The van der Waals surface area contributed by atoms with E-state index >= 15 is 0 Å².